The van der Waals surface area contributed by atoms with E-state index in [1.165, 1.54) is 11.3 Å². The minimum Gasteiger partial charge on any atom is -0.473 e. The van der Waals surface area contributed by atoms with E-state index >= 15 is 0 Å². The highest BCUT2D eigenvalue weighted by Gasteiger charge is 2.27. The topological polar surface area (TPSA) is 112 Å². The van der Waals surface area contributed by atoms with Gasteiger partial charge in [0.05, 0.1) is 10.9 Å². The maximum absolute atomic E-state index is 13.4. The zero-order valence-corrected chi connectivity index (χ0v) is 20.9. The van der Waals surface area contributed by atoms with E-state index in [-0.39, 0.29) is 23.5 Å². The molecule has 180 valence electrons. The number of nitrogens with one attached hydrogen (secondary N) is 1. The Balaban J connectivity index is 1.75. The Hall–Kier alpha value is -3.62. The number of hydrogen-bond acceptors (Lipinski definition) is 6. The van der Waals surface area contributed by atoms with Gasteiger partial charge in [-0.1, -0.05) is 30.7 Å². The second-order valence-corrected chi connectivity index (χ2v) is 9.61. The van der Waals surface area contributed by atoms with E-state index in [4.69, 9.17) is 26.5 Å². The first kappa shape index (κ1) is 24.5. The summed E-state index contributed by atoms with van der Waals surface area (Å²) in [6.45, 7) is 5.37. The second-order valence-electron chi connectivity index (χ2n) is 7.95. The normalized spacial score (nSPS) is 11.9. The molecule has 2 aromatic heterocycles. The van der Waals surface area contributed by atoms with Crippen molar-refractivity contribution >= 4 is 50.7 Å². The van der Waals surface area contributed by atoms with Gasteiger partial charge in [-0.05, 0) is 62.2 Å². The standard InChI is InChI=1S/C26H23ClN2O5S/c1-4-18(25(32)29-26-20(24(28)31)13(2)14(3)35-26)33-23-21(30)17-7-5-6-8-19(17)34-22(23)15-9-11-16(27)12-10-15/h5-12,18H,4H2,1-3H3,(H2,28,31)(H,29,32). The molecule has 0 saturated heterocycles. The number of nitrogens with two attached hydrogens (primary N) is 1. The molecule has 0 fully saturated rings. The molecule has 2 heterocycles. The van der Waals surface area contributed by atoms with Crippen LogP contribution in [0.15, 0.2) is 57.7 Å². The van der Waals surface area contributed by atoms with E-state index in [1.807, 2.05) is 6.92 Å². The molecule has 0 aliphatic heterocycles. The largest absolute Gasteiger partial charge is 0.473 e. The molecule has 0 aliphatic rings. The van der Waals surface area contributed by atoms with Crippen molar-refractivity contribution in [3.8, 4) is 17.1 Å². The van der Waals surface area contributed by atoms with E-state index in [0.717, 1.165) is 4.88 Å². The van der Waals surface area contributed by atoms with Crippen LogP contribution in [0.3, 0.4) is 0 Å². The predicted molar refractivity (Wildman–Crippen MR) is 139 cm³/mol. The molecule has 0 radical (unpaired) electrons. The van der Waals surface area contributed by atoms with Gasteiger partial charge in [-0.25, -0.2) is 0 Å². The molecule has 9 heteroatoms. The zero-order valence-electron chi connectivity index (χ0n) is 19.3. The molecule has 1 atom stereocenters. The summed E-state index contributed by atoms with van der Waals surface area (Å²) in [7, 11) is 0. The van der Waals surface area contributed by atoms with E-state index in [2.05, 4.69) is 5.32 Å². The molecule has 3 N–H and O–H groups in total. The number of benzene rings is 2. The Labute approximate surface area is 210 Å². The number of ether oxygens (including phenoxy) is 1. The summed E-state index contributed by atoms with van der Waals surface area (Å²) in [5.74, 6) is -1.03. The van der Waals surface area contributed by atoms with Gasteiger partial charge in [0.15, 0.2) is 11.9 Å². The van der Waals surface area contributed by atoms with Gasteiger partial charge in [0, 0.05) is 15.5 Å². The van der Waals surface area contributed by atoms with Crippen molar-refractivity contribution < 1.29 is 18.7 Å². The van der Waals surface area contributed by atoms with Crippen LogP contribution in [0.4, 0.5) is 5.00 Å². The summed E-state index contributed by atoms with van der Waals surface area (Å²) in [5.41, 5.74) is 7.07. The van der Waals surface area contributed by atoms with E-state index < -0.39 is 23.3 Å². The van der Waals surface area contributed by atoms with Crippen molar-refractivity contribution in [2.24, 2.45) is 5.73 Å². The van der Waals surface area contributed by atoms with Crippen LogP contribution in [0.25, 0.3) is 22.3 Å². The number of aryl methyl sites for hydroxylation is 1. The average molecular weight is 511 g/mol. The highest BCUT2D eigenvalue weighted by Crippen LogP contribution is 2.34. The summed E-state index contributed by atoms with van der Waals surface area (Å²) >= 11 is 7.29. The Bertz CT molecular complexity index is 1490. The molecule has 2 aromatic carbocycles. The number of para-hydroxylation sites is 1. The van der Waals surface area contributed by atoms with Crippen LogP contribution in [0.5, 0.6) is 5.75 Å². The summed E-state index contributed by atoms with van der Waals surface area (Å²) < 4.78 is 12.1. The highest BCUT2D eigenvalue weighted by atomic mass is 35.5. The minimum atomic E-state index is -1.03. The number of fused-ring (bicyclic) bond motifs is 1. The lowest BCUT2D eigenvalue weighted by atomic mass is 10.1. The molecule has 0 saturated carbocycles. The van der Waals surface area contributed by atoms with Crippen molar-refractivity contribution in [2.45, 2.75) is 33.3 Å². The molecule has 1 unspecified atom stereocenters. The number of rotatable bonds is 7. The van der Waals surface area contributed by atoms with Crippen LogP contribution in [0.1, 0.15) is 34.1 Å². The molecule has 4 aromatic rings. The van der Waals surface area contributed by atoms with Crippen molar-refractivity contribution in [2.75, 3.05) is 5.32 Å². The number of carbonyl (C=O) groups is 2. The van der Waals surface area contributed by atoms with Crippen LogP contribution < -0.4 is 21.2 Å². The molecule has 0 spiro atoms. The monoisotopic (exact) mass is 510 g/mol. The summed E-state index contributed by atoms with van der Waals surface area (Å²) in [5, 5.41) is 3.96. The molecule has 0 bridgehead atoms. The second kappa shape index (κ2) is 9.93. The first-order valence-electron chi connectivity index (χ1n) is 10.9. The Morgan fingerprint density at radius 3 is 2.49 bits per heavy atom. The van der Waals surface area contributed by atoms with Crippen molar-refractivity contribution in [1.29, 1.82) is 0 Å². The van der Waals surface area contributed by atoms with E-state index in [1.54, 1.807) is 62.4 Å². The maximum Gasteiger partial charge on any atom is 0.266 e. The first-order chi connectivity index (χ1) is 16.7. The number of thiophene rings is 1. The molecule has 4 rings (SSSR count). The van der Waals surface area contributed by atoms with Gasteiger partial charge in [-0.3, -0.25) is 14.4 Å². The van der Waals surface area contributed by atoms with Crippen LogP contribution >= 0.6 is 22.9 Å². The smallest absolute Gasteiger partial charge is 0.266 e. The number of hydrogen-bond donors (Lipinski definition) is 2. The van der Waals surface area contributed by atoms with Crippen molar-refractivity contribution in [3.63, 3.8) is 0 Å². The fourth-order valence-electron chi connectivity index (χ4n) is 3.69. The average Bonchev–Trinajstić information content (AvgIpc) is 3.11. The number of carbonyl (C=O) groups excluding carboxylic acids is 2. The summed E-state index contributed by atoms with van der Waals surface area (Å²) in [6, 6.07) is 13.6. The Morgan fingerprint density at radius 2 is 1.83 bits per heavy atom. The number of anilines is 1. The minimum absolute atomic E-state index is 0.0818. The van der Waals surface area contributed by atoms with Gasteiger partial charge >= 0.3 is 0 Å². The fourth-order valence-corrected chi connectivity index (χ4v) is 4.89. The van der Waals surface area contributed by atoms with Gasteiger partial charge in [0.25, 0.3) is 11.8 Å². The molecular formula is C26H23ClN2O5S. The lowest BCUT2D eigenvalue weighted by Crippen LogP contribution is -2.34. The Kier molecular flexibility index (Phi) is 6.95. The zero-order chi connectivity index (χ0) is 25.3. The van der Waals surface area contributed by atoms with Crippen LogP contribution in [-0.2, 0) is 4.79 Å². The third-order valence-electron chi connectivity index (χ3n) is 5.65. The fraction of sp³-hybridized carbons (Fsp3) is 0.192. The van der Waals surface area contributed by atoms with Crippen molar-refractivity contribution in [3.05, 3.63) is 79.8 Å². The van der Waals surface area contributed by atoms with Crippen LogP contribution in [-0.4, -0.2) is 17.9 Å². The third kappa shape index (κ3) is 4.80. The third-order valence-corrected chi connectivity index (χ3v) is 7.03. The predicted octanol–water partition coefficient (Wildman–Crippen LogP) is 5.69. The molecule has 35 heavy (non-hydrogen) atoms. The van der Waals surface area contributed by atoms with E-state index in [9.17, 15) is 14.4 Å². The summed E-state index contributed by atoms with van der Waals surface area (Å²) in [4.78, 5) is 39.4. The molecular weight excluding hydrogens is 488 g/mol. The Morgan fingerprint density at radius 1 is 1.14 bits per heavy atom. The van der Waals surface area contributed by atoms with E-state index in [0.29, 0.717) is 32.1 Å². The van der Waals surface area contributed by atoms with Crippen molar-refractivity contribution in [1.82, 2.24) is 0 Å². The van der Waals surface area contributed by atoms with Crippen LogP contribution in [0, 0.1) is 13.8 Å². The quantitative estimate of drug-likeness (QED) is 0.332. The lowest BCUT2D eigenvalue weighted by Gasteiger charge is -2.19. The van der Waals surface area contributed by atoms with Gasteiger partial charge < -0.3 is 20.2 Å². The molecule has 7 nitrogen and oxygen atoms in total. The van der Waals surface area contributed by atoms with Gasteiger partial charge in [-0.2, -0.15) is 0 Å². The molecule has 2 amide bonds. The summed E-state index contributed by atoms with van der Waals surface area (Å²) in [6.07, 6.45) is -0.776. The van der Waals surface area contributed by atoms with Gasteiger partial charge in [0.1, 0.15) is 10.6 Å². The van der Waals surface area contributed by atoms with Crippen LogP contribution in [0.2, 0.25) is 5.02 Å². The number of primary amides is 1. The van der Waals surface area contributed by atoms with Gasteiger partial charge in [-0.15, -0.1) is 11.3 Å². The highest BCUT2D eigenvalue weighted by molar-refractivity contribution is 7.16. The number of halogens is 1. The first-order valence-corrected chi connectivity index (χ1v) is 12.1. The lowest BCUT2D eigenvalue weighted by molar-refractivity contribution is -0.122. The number of amides is 2. The maximum atomic E-state index is 13.4. The molecule has 0 aliphatic carbocycles. The van der Waals surface area contributed by atoms with Gasteiger partial charge in [0.2, 0.25) is 11.2 Å². The SMILES string of the molecule is CCC(Oc1c(-c2ccc(Cl)cc2)oc2ccccc2c1=O)C(=O)Nc1sc(C)c(C)c1C(N)=O.